The number of rotatable bonds is 2. The second-order valence-corrected chi connectivity index (χ2v) is 6.58. The molecular weight excluding hydrogens is 256 g/mol. The molecule has 2 rings (SSSR count). The maximum atomic E-state index is 12.6. The zero-order valence-corrected chi connectivity index (χ0v) is 12.6. The number of carboxylic acid groups (broad SMARTS) is 1. The topological polar surface area (TPSA) is 60.9 Å². The van der Waals surface area contributed by atoms with E-state index < -0.39 is 11.4 Å². The Kier molecular flexibility index (Phi) is 4.55. The lowest BCUT2D eigenvalue weighted by Gasteiger charge is -2.41. The van der Waals surface area contributed by atoms with Gasteiger partial charge in [-0.3, -0.25) is 4.79 Å². The van der Waals surface area contributed by atoms with Gasteiger partial charge in [0, 0.05) is 26.2 Å². The number of urea groups is 1. The largest absolute Gasteiger partial charge is 0.481 e. The van der Waals surface area contributed by atoms with Crippen LogP contribution in [-0.2, 0) is 4.79 Å². The van der Waals surface area contributed by atoms with Gasteiger partial charge in [0.25, 0.3) is 0 Å². The molecule has 2 amide bonds. The Morgan fingerprint density at radius 3 is 2.45 bits per heavy atom. The van der Waals surface area contributed by atoms with Gasteiger partial charge in [0.15, 0.2) is 0 Å². The Hall–Kier alpha value is -1.26. The van der Waals surface area contributed by atoms with Crippen LogP contribution in [0.4, 0.5) is 4.79 Å². The summed E-state index contributed by atoms with van der Waals surface area (Å²) in [5, 5.41) is 9.33. The van der Waals surface area contributed by atoms with E-state index in [4.69, 9.17) is 0 Å². The number of piperidine rings is 1. The maximum Gasteiger partial charge on any atom is 0.320 e. The number of hydrogen-bond donors (Lipinski definition) is 1. The van der Waals surface area contributed by atoms with Crippen LogP contribution in [0.5, 0.6) is 0 Å². The van der Waals surface area contributed by atoms with Gasteiger partial charge in [-0.15, -0.1) is 0 Å². The lowest BCUT2D eigenvalue weighted by molar-refractivity contribution is -0.150. The molecule has 0 aromatic carbocycles. The summed E-state index contributed by atoms with van der Waals surface area (Å²) in [6.45, 7) is 2.76. The zero-order chi connectivity index (χ0) is 14.8. The quantitative estimate of drug-likeness (QED) is 0.846. The van der Waals surface area contributed by atoms with Crippen LogP contribution >= 0.6 is 0 Å². The molecule has 1 saturated heterocycles. The summed E-state index contributed by atoms with van der Waals surface area (Å²) in [6, 6.07) is 0.332. The first kappa shape index (κ1) is 15.1. The van der Waals surface area contributed by atoms with Crippen molar-refractivity contribution in [2.75, 3.05) is 20.1 Å². The summed E-state index contributed by atoms with van der Waals surface area (Å²) in [7, 11) is 1.87. The Morgan fingerprint density at radius 1 is 1.20 bits per heavy atom. The number of carboxylic acids is 1. The lowest BCUT2D eigenvalue weighted by Crippen LogP contribution is -2.53. The van der Waals surface area contributed by atoms with Crippen LogP contribution in [-0.4, -0.2) is 53.1 Å². The van der Waals surface area contributed by atoms with Crippen LogP contribution in [0.15, 0.2) is 0 Å². The molecule has 0 aromatic rings. The molecule has 20 heavy (non-hydrogen) atoms. The van der Waals surface area contributed by atoms with E-state index in [0.29, 0.717) is 25.6 Å². The molecule has 0 spiro atoms. The summed E-state index contributed by atoms with van der Waals surface area (Å²) in [6.07, 6.45) is 7.22. The van der Waals surface area contributed by atoms with E-state index in [-0.39, 0.29) is 6.03 Å². The van der Waals surface area contributed by atoms with E-state index in [1.165, 1.54) is 19.3 Å². The molecule has 2 aliphatic rings. The molecule has 1 unspecified atom stereocenters. The molecule has 1 aliphatic heterocycles. The van der Waals surface area contributed by atoms with Gasteiger partial charge in [0.05, 0.1) is 5.41 Å². The fourth-order valence-corrected chi connectivity index (χ4v) is 3.42. The van der Waals surface area contributed by atoms with E-state index in [2.05, 4.69) is 0 Å². The van der Waals surface area contributed by atoms with Gasteiger partial charge in [-0.1, -0.05) is 19.3 Å². The van der Waals surface area contributed by atoms with Crippen LogP contribution < -0.4 is 0 Å². The number of nitrogens with zero attached hydrogens (tertiary/aromatic N) is 2. The number of carbonyl (C=O) groups is 2. The summed E-state index contributed by atoms with van der Waals surface area (Å²) >= 11 is 0. The first-order valence-electron chi connectivity index (χ1n) is 7.69. The Labute approximate surface area is 120 Å². The SMILES string of the molecule is CN(C(=O)N1CCCC(C)(C(=O)O)C1)C1CCCCC1. The molecule has 1 atom stereocenters. The normalized spacial score (nSPS) is 28.2. The number of amides is 2. The molecular formula is C15H26N2O3. The molecule has 0 aromatic heterocycles. The van der Waals surface area contributed by atoms with Gasteiger partial charge < -0.3 is 14.9 Å². The van der Waals surface area contributed by atoms with Crippen molar-refractivity contribution >= 4 is 12.0 Å². The van der Waals surface area contributed by atoms with Crippen molar-refractivity contribution in [1.29, 1.82) is 0 Å². The van der Waals surface area contributed by atoms with E-state index in [9.17, 15) is 14.7 Å². The van der Waals surface area contributed by atoms with Gasteiger partial charge in [-0.25, -0.2) is 4.79 Å². The highest BCUT2D eigenvalue weighted by molar-refractivity contribution is 5.78. The molecule has 0 radical (unpaired) electrons. The predicted molar refractivity (Wildman–Crippen MR) is 76.6 cm³/mol. The highest BCUT2D eigenvalue weighted by Crippen LogP contribution is 2.31. The molecule has 1 aliphatic carbocycles. The van der Waals surface area contributed by atoms with Crippen molar-refractivity contribution in [1.82, 2.24) is 9.80 Å². The second kappa shape index (κ2) is 6.02. The number of carbonyl (C=O) groups excluding carboxylic acids is 1. The Morgan fingerprint density at radius 2 is 1.85 bits per heavy atom. The first-order chi connectivity index (χ1) is 9.44. The van der Waals surface area contributed by atoms with Crippen molar-refractivity contribution in [2.45, 2.75) is 57.9 Å². The van der Waals surface area contributed by atoms with E-state index in [1.54, 1.807) is 11.8 Å². The fourth-order valence-electron chi connectivity index (χ4n) is 3.42. The number of likely N-dealkylation sites (tertiary alicyclic amines) is 1. The van der Waals surface area contributed by atoms with Gasteiger partial charge in [-0.2, -0.15) is 0 Å². The first-order valence-corrected chi connectivity index (χ1v) is 7.69. The van der Waals surface area contributed by atoms with Crippen LogP contribution in [0, 0.1) is 5.41 Å². The zero-order valence-electron chi connectivity index (χ0n) is 12.6. The average Bonchev–Trinajstić information content (AvgIpc) is 2.46. The smallest absolute Gasteiger partial charge is 0.320 e. The van der Waals surface area contributed by atoms with Crippen molar-refractivity contribution < 1.29 is 14.7 Å². The number of hydrogen-bond acceptors (Lipinski definition) is 2. The summed E-state index contributed by atoms with van der Waals surface area (Å²) in [5.74, 6) is -0.796. The van der Waals surface area contributed by atoms with E-state index in [0.717, 1.165) is 19.3 Å². The minimum atomic E-state index is -0.796. The molecule has 1 saturated carbocycles. The standard InChI is InChI=1S/C15H26N2O3/c1-15(13(18)19)9-6-10-17(11-15)14(20)16(2)12-7-4-3-5-8-12/h12H,3-11H2,1-2H3,(H,18,19). The average molecular weight is 282 g/mol. The van der Waals surface area contributed by atoms with Crippen molar-refractivity contribution in [3.8, 4) is 0 Å². The van der Waals surface area contributed by atoms with Crippen LogP contribution in [0.25, 0.3) is 0 Å². The minimum Gasteiger partial charge on any atom is -0.481 e. The van der Waals surface area contributed by atoms with Gasteiger partial charge >= 0.3 is 12.0 Å². The lowest BCUT2D eigenvalue weighted by atomic mass is 9.82. The van der Waals surface area contributed by atoms with Crippen LogP contribution in [0.2, 0.25) is 0 Å². The highest BCUT2D eigenvalue weighted by atomic mass is 16.4. The third kappa shape index (κ3) is 3.07. The number of aliphatic carboxylic acids is 1. The van der Waals surface area contributed by atoms with Gasteiger partial charge in [0.2, 0.25) is 0 Å². The summed E-state index contributed by atoms with van der Waals surface area (Å²) < 4.78 is 0. The van der Waals surface area contributed by atoms with E-state index in [1.807, 2.05) is 11.9 Å². The van der Waals surface area contributed by atoms with Gasteiger partial charge in [0.1, 0.15) is 0 Å². The Balaban J connectivity index is 1.99. The monoisotopic (exact) mass is 282 g/mol. The third-order valence-corrected chi connectivity index (χ3v) is 4.91. The molecule has 1 N–H and O–H groups in total. The van der Waals surface area contributed by atoms with E-state index >= 15 is 0 Å². The third-order valence-electron chi connectivity index (χ3n) is 4.91. The van der Waals surface area contributed by atoms with Crippen LogP contribution in [0.1, 0.15) is 51.9 Å². The van der Waals surface area contributed by atoms with Crippen molar-refractivity contribution in [3.05, 3.63) is 0 Å². The van der Waals surface area contributed by atoms with Crippen molar-refractivity contribution in [3.63, 3.8) is 0 Å². The highest BCUT2D eigenvalue weighted by Gasteiger charge is 2.40. The summed E-state index contributed by atoms with van der Waals surface area (Å²) in [5.41, 5.74) is -0.790. The van der Waals surface area contributed by atoms with Crippen molar-refractivity contribution in [2.24, 2.45) is 5.41 Å². The molecule has 0 bridgehead atoms. The molecule has 5 heteroatoms. The fraction of sp³-hybridized carbons (Fsp3) is 0.867. The van der Waals surface area contributed by atoms with Crippen LogP contribution in [0.3, 0.4) is 0 Å². The predicted octanol–water partition coefficient (Wildman–Crippen LogP) is 2.56. The maximum absolute atomic E-state index is 12.6. The molecule has 114 valence electrons. The molecule has 5 nitrogen and oxygen atoms in total. The summed E-state index contributed by atoms with van der Waals surface area (Å²) in [4.78, 5) is 27.5. The molecule has 2 fully saturated rings. The second-order valence-electron chi connectivity index (χ2n) is 6.58. The van der Waals surface area contributed by atoms with Gasteiger partial charge in [-0.05, 0) is 32.6 Å². The Bertz CT molecular complexity index is 379. The minimum absolute atomic E-state index is 0.00377. The molecule has 1 heterocycles.